The molecule has 1 heteroatoms. The summed E-state index contributed by atoms with van der Waals surface area (Å²) in [6, 6.07) is 50.6. The Balaban J connectivity index is 1.15. The van der Waals surface area contributed by atoms with Crippen LogP contribution in [0.15, 0.2) is 133 Å². The SMILES string of the molecule is CC1(C)c2cc(N(c3ccccc3)c3ccc(C4CCCCCCC4)cc3)ccc2-c2c(-c3cccc4c3C(C)(C)c3ccccc3-4)cccc21. The normalized spacial score (nSPS) is 17.1. The Morgan fingerprint density at radius 1 is 0.431 bits per heavy atom. The van der Waals surface area contributed by atoms with Crippen LogP contribution in [0.2, 0.25) is 0 Å². The molecule has 3 aliphatic rings. The Kier molecular flexibility index (Phi) is 7.80. The van der Waals surface area contributed by atoms with Gasteiger partial charge in [0, 0.05) is 27.9 Å². The van der Waals surface area contributed by atoms with Crippen molar-refractivity contribution in [3.05, 3.63) is 161 Å². The van der Waals surface area contributed by atoms with E-state index < -0.39 is 0 Å². The van der Waals surface area contributed by atoms with E-state index in [-0.39, 0.29) is 10.8 Å². The van der Waals surface area contributed by atoms with E-state index in [9.17, 15) is 0 Å². The molecule has 1 fully saturated rings. The van der Waals surface area contributed by atoms with Crippen molar-refractivity contribution in [2.75, 3.05) is 4.90 Å². The van der Waals surface area contributed by atoms with Crippen molar-refractivity contribution in [3.63, 3.8) is 0 Å². The number of nitrogens with zero attached hydrogens (tertiary/aromatic N) is 1. The average molecular weight is 664 g/mol. The second-order valence-electron chi connectivity index (χ2n) is 16.3. The van der Waals surface area contributed by atoms with Gasteiger partial charge >= 0.3 is 0 Å². The zero-order valence-corrected chi connectivity index (χ0v) is 30.7. The number of rotatable bonds is 5. The molecule has 1 nitrogen and oxygen atoms in total. The number of fused-ring (bicyclic) bond motifs is 6. The fraction of sp³-hybridized carbons (Fsp3) is 0.280. The summed E-state index contributed by atoms with van der Waals surface area (Å²) < 4.78 is 0. The first-order chi connectivity index (χ1) is 24.8. The van der Waals surface area contributed by atoms with Crippen LogP contribution in [0.25, 0.3) is 33.4 Å². The van der Waals surface area contributed by atoms with E-state index in [0.29, 0.717) is 5.92 Å². The number of hydrogen-bond donors (Lipinski definition) is 0. The van der Waals surface area contributed by atoms with Gasteiger partial charge in [-0.3, -0.25) is 0 Å². The van der Waals surface area contributed by atoms with Crippen molar-refractivity contribution >= 4 is 17.1 Å². The smallest absolute Gasteiger partial charge is 0.0465 e. The fourth-order valence-corrected chi connectivity index (χ4v) is 9.92. The second kappa shape index (κ2) is 12.4. The lowest BCUT2D eigenvalue weighted by Gasteiger charge is -2.28. The van der Waals surface area contributed by atoms with E-state index in [2.05, 4.69) is 166 Å². The van der Waals surface area contributed by atoms with Gasteiger partial charge < -0.3 is 4.90 Å². The van der Waals surface area contributed by atoms with Crippen LogP contribution < -0.4 is 4.90 Å². The van der Waals surface area contributed by atoms with E-state index in [4.69, 9.17) is 0 Å². The summed E-state index contributed by atoms with van der Waals surface area (Å²) in [6.07, 6.45) is 9.53. The van der Waals surface area contributed by atoms with E-state index in [1.165, 1.54) is 123 Å². The lowest BCUT2D eigenvalue weighted by Crippen LogP contribution is -2.17. The van der Waals surface area contributed by atoms with E-state index in [0.717, 1.165) is 0 Å². The second-order valence-corrected chi connectivity index (χ2v) is 16.3. The topological polar surface area (TPSA) is 3.24 Å². The van der Waals surface area contributed by atoms with Gasteiger partial charge in [0.25, 0.3) is 0 Å². The number of benzene rings is 6. The van der Waals surface area contributed by atoms with Crippen LogP contribution in [0.3, 0.4) is 0 Å². The lowest BCUT2D eigenvalue weighted by atomic mass is 9.77. The van der Waals surface area contributed by atoms with Crippen LogP contribution in [0.5, 0.6) is 0 Å². The van der Waals surface area contributed by atoms with Gasteiger partial charge in [0.2, 0.25) is 0 Å². The van der Waals surface area contributed by atoms with Crippen molar-refractivity contribution in [3.8, 4) is 33.4 Å². The molecule has 0 saturated heterocycles. The predicted molar refractivity (Wildman–Crippen MR) is 217 cm³/mol. The highest BCUT2D eigenvalue weighted by atomic mass is 15.1. The molecule has 0 spiro atoms. The summed E-state index contributed by atoms with van der Waals surface area (Å²) in [6.45, 7) is 9.63. The molecule has 0 heterocycles. The number of anilines is 3. The highest BCUT2D eigenvalue weighted by Crippen LogP contribution is 2.57. The molecule has 6 aromatic rings. The van der Waals surface area contributed by atoms with Crippen LogP contribution in [0.4, 0.5) is 17.1 Å². The lowest BCUT2D eigenvalue weighted by molar-refractivity contribution is 0.455. The molecule has 0 aromatic heterocycles. The monoisotopic (exact) mass is 663 g/mol. The quantitative estimate of drug-likeness (QED) is 0.177. The molecular weight excluding hydrogens is 615 g/mol. The standard InChI is InChI=1S/C50H49N/c1-49(2)45-26-16-22-40(42-24-15-23-41-39-21-13-14-25-44(39)50(3,4)48(41)42)47(45)43-32-31-38(33-46(43)49)51(36-19-11-8-12-20-36)37-29-27-35(28-30-37)34-17-9-6-5-7-10-18-34/h8,11-16,19-34H,5-7,9-10,17-18H2,1-4H3. The van der Waals surface area contributed by atoms with Crippen molar-refractivity contribution < 1.29 is 0 Å². The molecule has 0 atom stereocenters. The van der Waals surface area contributed by atoms with Gasteiger partial charge in [-0.05, 0) is 116 Å². The third-order valence-corrected chi connectivity index (χ3v) is 12.6. The number of hydrogen-bond acceptors (Lipinski definition) is 1. The molecular formula is C50H49N. The van der Waals surface area contributed by atoms with Crippen molar-refractivity contribution in [2.24, 2.45) is 0 Å². The van der Waals surface area contributed by atoms with E-state index in [1.54, 1.807) is 0 Å². The van der Waals surface area contributed by atoms with Crippen molar-refractivity contribution in [2.45, 2.75) is 89.4 Å². The summed E-state index contributed by atoms with van der Waals surface area (Å²) in [7, 11) is 0. The van der Waals surface area contributed by atoms with Crippen LogP contribution in [-0.2, 0) is 10.8 Å². The average Bonchev–Trinajstić information content (AvgIpc) is 3.52. The number of para-hydroxylation sites is 1. The van der Waals surface area contributed by atoms with Crippen LogP contribution in [0.1, 0.15) is 106 Å². The first-order valence-corrected chi connectivity index (χ1v) is 19.3. The minimum atomic E-state index is -0.141. The maximum Gasteiger partial charge on any atom is 0.0465 e. The molecule has 3 aliphatic carbocycles. The van der Waals surface area contributed by atoms with Crippen molar-refractivity contribution in [1.29, 1.82) is 0 Å². The van der Waals surface area contributed by atoms with Gasteiger partial charge in [-0.25, -0.2) is 0 Å². The summed E-state index contributed by atoms with van der Waals surface area (Å²) in [5.41, 5.74) is 18.7. The van der Waals surface area contributed by atoms with E-state index in [1.807, 2.05) is 0 Å². The highest BCUT2D eigenvalue weighted by molar-refractivity contribution is 5.97. The first-order valence-electron chi connectivity index (χ1n) is 19.3. The minimum Gasteiger partial charge on any atom is -0.310 e. The van der Waals surface area contributed by atoms with Gasteiger partial charge in [-0.15, -0.1) is 0 Å². The molecule has 51 heavy (non-hydrogen) atoms. The summed E-state index contributed by atoms with van der Waals surface area (Å²) >= 11 is 0. The molecule has 1 saturated carbocycles. The third kappa shape index (κ3) is 5.19. The largest absolute Gasteiger partial charge is 0.310 e. The Hall–Kier alpha value is -4.88. The predicted octanol–water partition coefficient (Wildman–Crippen LogP) is 14.3. The maximum absolute atomic E-state index is 2.48. The van der Waals surface area contributed by atoms with Crippen LogP contribution >= 0.6 is 0 Å². The molecule has 0 radical (unpaired) electrons. The summed E-state index contributed by atoms with van der Waals surface area (Å²) in [5, 5.41) is 0. The summed E-state index contributed by atoms with van der Waals surface area (Å²) in [4.78, 5) is 2.45. The molecule has 6 aromatic carbocycles. The van der Waals surface area contributed by atoms with Crippen molar-refractivity contribution in [1.82, 2.24) is 0 Å². The molecule has 0 bridgehead atoms. The van der Waals surface area contributed by atoms with Gasteiger partial charge in [0.15, 0.2) is 0 Å². The Labute approximate surface area is 305 Å². The Bertz CT molecular complexity index is 2230. The van der Waals surface area contributed by atoms with Crippen LogP contribution in [-0.4, -0.2) is 0 Å². The first kappa shape index (κ1) is 32.1. The van der Waals surface area contributed by atoms with Gasteiger partial charge in [-0.1, -0.05) is 157 Å². The van der Waals surface area contributed by atoms with Gasteiger partial charge in [-0.2, -0.15) is 0 Å². The maximum atomic E-state index is 2.48. The Morgan fingerprint density at radius 2 is 1.00 bits per heavy atom. The van der Waals surface area contributed by atoms with Crippen LogP contribution in [0, 0.1) is 0 Å². The molecule has 0 N–H and O–H groups in total. The molecule has 9 rings (SSSR count). The zero-order chi connectivity index (χ0) is 34.7. The Morgan fingerprint density at radius 3 is 1.76 bits per heavy atom. The van der Waals surface area contributed by atoms with Gasteiger partial charge in [0.1, 0.15) is 0 Å². The third-order valence-electron chi connectivity index (χ3n) is 12.6. The molecule has 0 aliphatic heterocycles. The summed E-state index contributed by atoms with van der Waals surface area (Å²) in [5.74, 6) is 0.684. The zero-order valence-electron chi connectivity index (χ0n) is 30.7. The molecule has 254 valence electrons. The molecule has 0 amide bonds. The fourth-order valence-electron chi connectivity index (χ4n) is 9.92. The highest BCUT2D eigenvalue weighted by Gasteiger charge is 2.41. The minimum absolute atomic E-state index is 0.0761. The van der Waals surface area contributed by atoms with E-state index >= 15 is 0 Å². The molecule has 0 unspecified atom stereocenters. The van der Waals surface area contributed by atoms with Gasteiger partial charge in [0.05, 0.1) is 0 Å².